The van der Waals surface area contributed by atoms with Gasteiger partial charge in [-0.25, -0.2) is 0 Å². The van der Waals surface area contributed by atoms with E-state index >= 15 is 0 Å². The molecule has 0 radical (unpaired) electrons. The fraction of sp³-hybridized carbons (Fsp3) is 0.200. The maximum atomic E-state index is 11.5. The lowest BCUT2D eigenvalue weighted by atomic mass is 10.2. The maximum Gasteiger partial charge on any atom is 0.280 e. The molecule has 0 bridgehead atoms. The number of benzene rings is 1. The van der Waals surface area contributed by atoms with Gasteiger partial charge in [0.1, 0.15) is 0 Å². The molecule has 1 aromatic carbocycles. The third-order valence-electron chi connectivity index (χ3n) is 2.17. The van der Waals surface area contributed by atoms with Gasteiger partial charge in [0.25, 0.3) is 5.56 Å². The van der Waals surface area contributed by atoms with Crippen LogP contribution in [0.1, 0.15) is 5.56 Å². The van der Waals surface area contributed by atoms with E-state index in [0.29, 0.717) is 5.39 Å². The average molecular weight is 253 g/mol. The van der Waals surface area contributed by atoms with Crippen molar-refractivity contribution in [2.75, 3.05) is 0 Å². The summed E-state index contributed by atoms with van der Waals surface area (Å²) in [5.41, 5.74) is 1.83. The molecule has 0 aliphatic carbocycles. The van der Waals surface area contributed by atoms with E-state index in [0.717, 1.165) is 16.4 Å². The number of hydrogen-bond acceptors (Lipinski definition) is 2. The Hall–Kier alpha value is -1.16. The summed E-state index contributed by atoms with van der Waals surface area (Å²) in [6.45, 7) is 0. The van der Waals surface area contributed by atoms with Crippen molar-refractivity contribution in [3.63, 3.8) is 0 Å². The van der Waals surface area contributed by atoms with Gasteiger partial charge in [-0.15, -0.1) is 0 Å². The number of aromatic nitrogens is 2. The summed E-state index contributed by atoms with van der Waals surface area (Å²) in [6.07, 6.45) is 1.54. The van der Waals surface area contributed by atoms with Gasteiger partial charge < -0.3 is 4.57 Å². The first-order valence-electron chi connectivity index (χ1n) is 4.22. The quantitative estimate of drug-likeness (QED) is 0.726. The van der Waals surface area contributed by atoms with Crippen molar-refractivity contribution in [2.24, 2.45) is 7.05 Å². The first kappa shape index (κ1) is 9.40. The topological polar surface area (TPSA) is 34.9 Å². The molecule has 3 nitrogen and oxygen atoms in total. The maximum absolute atomic E-state index is 11.5. The molecule has 1 heterocycles. The van der Waals surface area contributed by atoms with Crippen molar-refractivity contribution in [1.29, 1.82) is 0 Å². The molecule has 72 valence electrons. The highest BCUT2D eigenvalue weighted by Gasteiger charge is 2.01. The van der Waals surface area contributed by atoms with Crippen molar-refractivity contribution in [3.05, 3.63) is 40.4 Å². The van der Waals surface area contributed by atoms with E-state index in [-0.39, 0.29) is 5.56 Å². The summed E-state index contributed by atoms with van der Waals surface area (Å²) in [6, 6.07) is 5.81. The molecule has 0 atom stereocenters. The fourth-order valence-electron chi connectivity index (χ4n) is 1.42. The predicted molar refractivity (Wildman–Crippen MR) is 59.6 cm³/mol. The number of nitrogens with zero attached hydrogens (tertiary/aromatic N) is 2. The molecule has 0 saturated heterocycles. The molecule has 0 saturated carbocycles. The minimum absolute atomic E-state index is 0.166. The number of fused-ring (bicyclic) bond motifs is 1. The number of aryl methyl sites for hydroxylation is 1. The van der Waals surface area contributed by atoms with Crippen molar-refractivity contribution in [1.82, 2.24) is 9.55 Å². The van der Waals surface area contributed by atoms with Crippen LogP contribution in [-0.2, 0) is 12.4 Å². The zero-order valence-electron chi connectivity index (χ0n) is 7.70. The lowest BCUT2D eigenvalue weighted by Gasteiger charge is -2.04. The Morgan fingerprint density at radius 3 is 3.00 bits per heavy atom. The molecule has 14 heavy (non-hydrogen) atoms. The Morgan fingerprint density at radius 1 is 1.50 bits per heavy atom. The fourth-order valence-corrected chi connectivity index (χ4v) is 1.76. The van der Waals surface area contributed by atoms with Gasteiger partial charge in [0.15, 0.2) is 0 Å². The first-order valence-corrected chi connectivity index (χ1v) is 5.35. The van der Waals surface area contributed by atoms with Gasteiger partial charge in [-0.2, -0.15) is 4.98 Å². The van der Waals surface area contributed by atoms with E-state index in [2.05, 4.69) is 20.9 Å². The van der Waals surface area contributed by atoms with Crippen LogP contribution in [0.15, 0.2) is 29.3 Å². The van der Waals surface area contributed by atoms with Gasteiger partial charge in [-0.05, 0) is 17.7 Å². The molecule has 1 aromatic heterocycles. The molecular formula is C10H9BrN2O. The van der Waals surface area contributed by atoms with Crippen LogP contribution in [0.3, 0.4) is 0 Å². The highest BCUT2D eigenvalue weighted by Crippen LogP contribution is 2.13. The van der Waals surface area contributed by atoms with Crippen molar-refractivity contribution in [3.8, 4) is 0 Å². The summed E-state index contributed by atoms with van der Waals surface area (Å²) in [5, 5.41) is 1.42. The van der Waals surface area contributed by atoms with Gasteiger partial charge >= 0.3 is 0 Å². The summed E-state index contributed by atoms with van der Waals surface area (Å²) < 4.78 is 1.84. The van der Waals surface area contributed by atoms with Gasteiger partial charge in [-0.1, -0.05) is 22.0 Å². The summed E-state index contributed by atoms with van der Waals surface area (Å²) in [5.74, 6) is 0. The first-order chi connectivity index (χ1) is 6.72. The largest absolute Gasteiger partial charge is 0.335 e. The highest BCUT2D eigenvalue weighted by molar-refractivity contribution is 9.08. The number of hydrogen-bond donors (Lipinski definition) is 0. The van der Waals surface area contributed by atoms with Gasteiger partial charge in [-0.3, -0.25) is 4.79 Å². The Labute approximate surface area is 89.5 Å². The summed E-state index contributed by atoms with van der Waals surface area (Å²) in [7, 11) is 1.88. The SMILES string of the molecule is Cn1cnc(=O)c2cc(CBr)ccc21. The minimum atomic E-state index is -0.166. The third-order valence-corrected chi connectivity index (χ3v) is 2.82. The second-order valence-electron chi connectivity index (χ2n) is 3.15. The standard InChI is InChI=1S/C10H9BrN2O/c1-13-6-12-10(14)8-4-7(5-11)2-3-9(8)13/h2-4,6H,5H2,1H3. The van der Waals surface area contributed by atoms with E-state index in [1.165, 1.54) is 0 Å². The smallest absolute Gasteiger partial charge is 0.280 e. The van der Waals surface area contributed by atoms with Crippen LogP contribution in [-0.4, -0.2) is 9.55 Å². The van der Waals surface area contributed by atoms with Crippen LogP contribution >= 0.6 is 15.9 Å². The normalized spacial score (nSPS) is 10.7. The molecule has 0 amide bonds. The molecule has 0 aliphatic heterocycles. The van der Waals surface area contributed by atoms with Crippen molar-refractivity contribution < 1.29 is 0 Å². The molecule has 0 unspecified atom stereocenters. The lowest BCUT2D eigenvalue weighted by molar-refractivity contribution is 0.901. The zero-order valence-corrected chi connectivity index (χ0v) is 9.28. The summed E-state index contributed by atoms with van der Waals surface area (Å²) in [4.78, 5) is 15.2. The second-order valence-corrected chi connectivity index (χ2v) is 3.71. The van der Waals surface area contributed by atoms with E-state index < -0.39 is 0 Å². The number of alkyl halides is 1. The Morgan fingerprint density at radius 2 is 2.29 bits per heavy atom. The molecule has 0 fully saturated rings. The van der Waals surface area contributed by atoms with E-state index in [4.69, 9.17) is 0 Å². The molecule has 2 aromatic rings. The van der Waals surface area contributed by atoms with E-state index in [1.54, 1.807) is 6.33 Å². The second kappa shape index (κ2) is 3.53. The number of halogens is 1. The number of rotatable bonds is 1. The minimum Gasteiger partial charge on any atom is -0.335 e. The molecule has 0 N–H and O–H groups in total. The van der Waals surface area contributed by atoms with Crippen LogP contribution < -0.4 is 5.56 Å². The van der Waals surface area contributed by atoms with Crippen molar-refractivity contribution >= 4 is 26.8 Å². The van der Waals surface area contributed by atoms with Crippen LogP contribution in [0.4, 0.5) is 0 Å². The lowest BCUT2D eigenvalue weighted by Crippen LogP contribution is -2.10. The molecular weight excluding hydrogens is 244 g/mol. The van der Waals surface area contributed by atoms with E-state index in [9.17, 15) is 4.79 Å². The molecule has 4 heteroatoms. The monoisotopic (exact) mass is 252 g/mol. The predicted octanol–water partition coefficient (Wildman–Crippen LogP) is 1.83. The van der Waals surface area contributed by atoms with Crippen LogP contribution in [0.2, 0.25) is 0 Å². The zero-order chi connectivity index (χ0) is 10.1. The third kappa shape index (κ3) is 1.46. The van der Waals surface area contributed by atoms with Crippen LogP contribution in [0, 0.1) is 0 Å². The average Bonchev–Trinajstić information content (AvgIpc) is 2.23. The highest BCUT2D eigenvalue weighted by atomic mass is 79.9. The van der Waals surface area contributed by atoms with Crippen molar-refractivity contribution in [2.45, 2.75) is 5.33 Å². The van der Waals surface area contributed by atoms with Gasteiger partial charge in [0, 0.05) is 12.4 Å². The summed E-state index contributed by atoms with van der Waals surface area (Å²) >= 11 is 3.36. The molecule has 2 rings (SSSR count). The Bertz CT molecular complexity index is 533. The van der Waals surface area contributed by atoms with Crippen LogP contribution in [0.5, 0.6) is 0 Å². The van der Waals surface area contributed by atoms with E-state index in [1.807, 2.05) is 29.8 Å². The Kier molecular flexibility index (Phi) is 2.37. The Balaban J connectivity index is 2.87. The molecule has 0 spiro atoms. The van der Waals surface area contributed by atoms with Gasteiger partial charge in [0.2, 0.25) is 0 Å². The van der Waals surface area contributed by atoms with Crippen LogP contribution in [0.25, 0.3) is 10.9 Å². The van der Waals surface area contributed by atoms with Gasteiger partial charge in [0.05, 0.1) is 17.2 Å². The molecule has 0 aliphatic rings.